The number of rotatable bonds is 1. The number of halogens is 1. The second kappa shape index (κ2) is 3.55. The number of oxazole rings is 1. The lowest BCUT2D eigenvalue weighted by Gasteiger charge is -1.98. The van der Waals surface area contributed by atoms with Crippen LogP contribution in [0, 0.1) is 5.82 Å². The second-order valence-electron chi connectivity index (χ2n) is 3.58. The van der Waals surface area contributed by atoms with E-state index in [9.17, 15) is 4.39 Å². The van der Waals surface area contributed by atoms with Crippen LogP contribution in [0.2, 0.25) is 0 Å². The molecule has 0 spiro atoms. The van der Waals surface area contributed by atoms with E-state index in [1.807, 2.05) is 0 Å². The zero-order valence-corrected chi connectivity index (χ0v) is 8.72. The monoisotopic (exact) mass is 229 g/mol. The summed E-state index contributed by atoms with van der Waals surface area (Å²) in [4.78, 5) is 8.13. The number of anilines is 1. The molecule has 0 unspecified atom stereocenters. The van der Waals surface area contributed by atoms with E-state index >= 15 is 0 Å². The number of nitrogens with zero attached hydrogens (tertiary/aromatic N) is 2. The summed E-state index contributed by atoms with van der Waals surface area (Å²) >= 11 is 0. The Morgan fingerprint density at radius 1 is 1.24 bits per heavy atom. The Kier molecular flexibility index (Phi) is 2.04. The Morgan fingerprint density at radius 2 is 2.12 bits per heavy atom. The van der Waals surface area contributed by atoms with Crippen molar-refractivity contribution in [1.29, 1.82) is 0 Å². The second-order valence-corrected chi connectivity index (χ2v) is 3.58. The van der Waals surface area contributed by atoms with Gasteiger partial charge in [-0.15, -0.1) is 0 Å². The number of nitrogens with two attached hydrogens (primary N) is 1. The third kappa shape index (κ3) is 1.61. The minimum atomic E-state index is -0.425. The highest BCUT2D eigenvalue weighted by Crippen LogP contribution is 2.26. The van der Waals surface area contributed by atoms with Gasteiger partial charge < -0.3 is 10.2 Å². The molecule has 4 nitrogen and oxygen atoms in total. The zero-order valence-electron chi connectivity index (χ0n) is 8.72. The van der Waals surface area contributed by atoms with Crippen molar-refractivity contribution in [3.63, 3.8) is 0 Å². The highest BCUT2D eigenvalue weighted by molar-refractivity contribution is 5.73. The van der Waals surface area contributed by atoms with Gasteiger partial charge in [-0.2, -0.15) is 4.98 Å². The fourth-order valence-corrected chi connectivity index (χ4v) is 1.59. The zero-order chi connectivity index (χ0) is 11.8. The molecule has 1 aromatic carbocycles. The van der Waals surface area contributed by atoms with Crippen LogP contribution in [0.25, 0.3) is 22.7 Å². The lowest BCUT2D eigenvalue weighted by atomic mass is 10.2. The lowest BCUT2D eigenvalue weighted by Crippen LogP contribution is -1.89. The van der Waals surface area contributed by atoms with Gasteiger partial charge in [0.2, 0.25) is 5.89 Å². The maximum absolute atomic E-state index is 13.6. The molecular formula is C12H8FN3O. The van der Waals surface area contributed by atoms with E-state index in [0.29, 0.717) is 16.9 Å². The summed E-state index contributed by atoms with van der Waals surface area (Å²) in [7, 11) is 0. The molecule has 0 saturated carbocycles. The largest absolute Gasteiger partial charge is 0.434 e. The standard InChI is InChI=1S/C12H8FN3O/c13-9-4-3-7(14)6-8(9)12-16-11-10(17-12)2-1-5-15-11/h1-6H,14H2. The average Bonchev–Trinajstić information content (AvgIpc) is 2.75. The number of pyridine rings is 1. The van der Waals surface area contributed by atoms with Gasteiger partial charge in [-0.3, -0.25) is 0 Å². The van der Waals surface area contributed by atoms with Crippen LogP contribution in [-0.4, -0.2) is 9.97 Å². The van der Waals surface area contributed by atoms with Gasteiger partial charge in [0.15, 0.2) is 11.2 Å². The molecule has 3 rings (SSSR count). The summed E-state index contributed by atoms with van der Waals surface area (Å²) < 4.78 is 19.0. The number of nitrogen functional groups attached to an aromatic ring is 1. The highest BCUT2D eigenvalue weighted by Gasteiger charge is 2.13. The minimum absolute atomic E-state index is 0.184. The van der Waals surface area contributed by atoms with Crippen molar-refractivity contribution in [3.05, 3.63) is 42.3 Å². The van der Waals surface area contributed by atoms with Crippen molar-refractivity contribution >= 4 is 16.9 Å². The predicted molar refractivity (Wildman–Crippen MR) is 61.6 cm³/mol. The maximum atomic E-state index is 13.6. The van der Waals surface area contributed by atoms with Crippen LogP contribution in [-0.2, 0) is 0 Å². The first kappa shape index (κ1) is 9.77. The first-order valence-electron chi connectivity index (χ1n) is 5.01. The van der Waals surface area contributed by atoms with Crippen molar-refractivity contribution in [1.82, 2.24) is 9.97 Å². The number of benzene rings is 1. The summed E-state index contributed by atoms with van der Waals surface area (Å²) in [5.74, 6) is -0.241. The van der Waals surface area contributed by atoms with Gasteiger partial charge in [-0.25, -0.2) is 9.37 Å². The molecule has 0 amide bonds. The normalized spacial score (nSPS) is 10.9. The summed E-state index contributed by atoms with van der Waals surface area (Å²) in [5.41, 5.74) is 7.27. The first-order chi connectivity index (χ1) is 8.24. The fraction of sp³-hybridized carbons (Fsp3) is 0. The van der Waals surface area contributed by atoms with Crippen LogP contribution in [0.4, 0.5) is 10.1 Å². The van der Waals surface area contributed by atoms with E-state index in [1.165, 1.54) is 18.2 Å². The van der Waals surface area contributed by atoms with Crippen molar-refractivity contribution in [2.45, 2.75) is 0 Å². The number of hydrogen-bond acceptors (Lipinski definition) is 4. The maximum Gasteiger partial charge on any atom is 0.231 e. The Morgan fingerprint density at radius 3 is 2.94 bits per heavy atom. The van der Waals surface area contributed by atoms with E-state index in [-0.39, 0.29) is 11.5 Å². The van der Waals surface area contributed by atoms with Crippen LogP contribution < -0.4 is 5.73 Å². The molecule has 0 atom stereocenters. The summed E-state index contributed by atoms with van der Waals surface area (Å²) in [6.07, 6.45) is 1.60. The summed E-state index contributed by atoms with van der Waals surface area (Å²) in [6.45, 7) is 0. The Hall–Kier alpha value is -2.43. The fourth-order valence-electron chi connectivity index (χ4n) is 1.59. The molecular weight excluding hydrogens is 221 g/mol. The van der Waals surface area contributed by atoms with Crippen molar-refractivity contribution in [2.24, 2.45) is 0 Å². The van der Waals surface area contributed by atoms with E-state index in [0.717, 1.165) is 0 Å². The lowest BCUT2D eigenvalue weighted by molar-refractivity contribution is 0.594. The van der Waals surface area contributed by atoms with Gasteiger partial charge in [-0.05, 0) is 30.3 Å². The molecule has 0 bridgehead atoms. The molecule has 0 saturated heterocycles. The molecule has 0 aliphatic carbocycles. The van der Waals surface area contributed by atoms with Gasteiger partial charge >= 0.3 is 0 Å². The van der Waals surface area contributed by atoms with Gasteiger partial charge in [-0.1, -0.05) is 0 Å². The van der Waals surface area contributed by atoms with Gasteiger partial charge in [0.25, 0.3) is 0 Å². The van der Waals surface area contributed by atoms with Crippen LogP contribution >= 0.6 is 0 Å². The predicted octanol–water partition coefficient (Wildman–Crippen LogP) is 2.61. The smallest absolute Gasteiger partial charge is 0.231 e. The SMILES string of the molecule is Nc1ccc(F)c(-c2nc3ncccc3o2)c1. The van der Waals surface area contributed by atoms with Gasteiger partial charge in [0.05, 0.1) is 5.56 Å². The number of aromatic nitrogens is 2. The van der Waals surface area contributed by atoms with E-state index in [2.05, 4.69) is 9.97 Å². The van der Waals surface area contributed by atoms with E-state index in [4.69, 9.17) is 10.2 Å². The molecule has 0 aliphatic rings. The third-order valence-corrected chi connectivity index (χ3v) is 2.39. The average molecular weight is 229 g/mol. The van der Waals surface area contributed by atoms with Crippen LogP contribution in [0.1, 0.15) is 0 Å². The molecule has 2 heterocycles. The summed E-state index contributed by atoms with van der Waals surface area (Å²) in [6, 6.07) is 7.71. The molecule has 0 radical (unpaired) electrons. The van der Waals surface area contributed by atoms with Crippen LogP contribution in [0.5, 0.6) is 0 Å². The molecule has 84 valence electrons. The molecule has 2 N–H and O–H groups in total. The van der Waals surface area contributed by atoms with Gasteiger partial charge in [0.1, 0.15) is 5.82 Å². The number of fused-ring (bicyclic) bond motifs is 1. The highest BCUT2D eigenvalue weighted by atomic mass is 19.1. The first-order valence-corrected chi connectivity index (χ1v) is 5.01. The molecule has 3 aromatic rings. The number of hydrogen-bond donors (Lipinski definition) is 1. The molecule has 5 heteroatoms. The molecule has 0 aliphatic heterocycles. The quantitative estimate of drug-likeness (QED) is 0.651. The summed E-state index contributed by atoms with van der Waals surface area (Å²) in [5, 5.41) is 0. The molecule has 2 aromatic heterocycles. The van der Waals surface area contributed by atoms with Crippen molar-refractivity contribution < 1.29 is 8.81 Å². The van der Waals surface area contributed by atoms with E-state index in [1.54, 1.807) is 18.3 Å². The Balaban J connectivity index is 2.23. The van der Waals surface area contributed by atoms with Crippen LogP contribution in [0.3, 0.4) is 0 Å². The van der Waals surface area contributed by atoms with Gasteiger partial charge in [0, 0.05) is 11.9 Å². The van der Waals surface area contributed by atoms with Crippen LogP contribution in [0.15, 0.2) is 40.9 Å². The third-order valence-electron chi connectivity index (χ3n) is 2.39. The van der Waals surface area contributed by atoms with E-state index < -0.39 is 5.82 Å². The molecule has 0 fully saturated rings. The molecule has 17 heavy (non-hydrogen) atoms. The van der Waals surface area contributed by atoms with Crippen molar-refractivity contribution in [2.75, 3.05) is 5.73 Å². The Bertz CT molecular complexity index is 660. The van der Waals surface area contributed by atoms with Crippen molar-refractivity contribution in [3.8, 4) is 11.5 Å². The Labute approximate surface area is 95.9 Å². The topological polar surface area (TPSA) is 64.9 Å². The minimum Gasteiger partial charge on any atom is -0.434 e.